The third kappa shape index (κ3) is 2.72. The molecule has 1 aromatic rings. The van der Waals surface area contributed by atoms with Gasteiger partial charge in [-0.25, -0.2) is 0 Å². The minimum atomic E-state index is -0.693. The van der Waals surface area contributed by atoms with E-state index >= 15 is 0 Å². The molecule has 1 atom stereocenters. The van der Waals surface area contributed by atoms with Crippen molar-refractivity contribution in [3.05, 3.63) is 23.8 Å². The van der Waals surface area contributed by atoms with Crippen molar-refractivity contribution < 1.29 is 24.2 Å². The van der Waals surface area contributed by atoms with E-state index in [2.05, 4.69) is 0 Å². The molecule has 26 heavy (non-hydrogen) atoms. The van der Waals surface area contributed by atoms with Gasteiger partial charge in [0.25, 0.3) is 0 Å². The molecule has 140 valence electrons. The highest BCUT2D eigenvalue weighted by atomic mass is 16.6. The second-order valence-electron chi connectivity index (χ2n) is 8.23. The van der Waals surface area contributed by atoms with Gasteiger partial charge in [-0.05, 0) is 56.2 Å². The number of piperidine rings is 1. The van der Waals surface area contributed by atoms with Gasteiger partial charge in [0.2, 0.25) is 5.91 Å². The SMILES string of the molecule is CC(C)(C(=O)N1CCC2(CC1)CC2C(=O)O)c1ccc2c(c1)OCCO2. The number of carboxylic acids is 1. The number of carboxylic acid groups (broad SMARTS) is 1. The molecular formula is C20H25NO5. The summed E-state index contributed by atoms with van der Waals surface area (Å²) in [4.78, 5) is 26.3. The Balaban J connectivity index is 1.47. The van der Waals surface area contributed by atoms with Crippen molar-refractivity contribution in [2.45, 2.75) is 38.5 Å². The lowest BCUT2D eigenvalue weighted by Gasteiger charge is -2.38. The van der Waals surface area contributed by atoms with Crippen molar-refractivity contribution in [2.24, 2.45) is 11.3 Å². The monoisotopic (exact) mass is 359 g/mol. The number of carbonyl (C=O) groups excluding carboxylic acids is 1. The first-order valence-electron chi connectivity index (χ1n) is 9.26. The molecule has 2 fully saturated rings. The Morgan fingerprint density at radius 2 is 1.81 bits per heavy atom. The van der Waals surface area contributed by atoms with Crippen molar-refractivity contribution in [2.75, 3.05) is 26.3 Å². The number of carbonyl (C=O) groups is 2. The fraction of sp³-hybridized carbons (Fsp3) is 0.600. The van der Waals surface area contributed by atoms with Gasteiger partial charge in [0, 0.05) is 13.1 Å². The van der Waals surface area contributed by atoms with Gasteiger partial charge in [-0.2, -0.15) is 0 Å². The normalized spacial score (nSPS) is 23.6. The maximum atomic E-state index is 13.2. The Morgan fingerprint density at radius 1 is 1.15 bits per heavy atom. The Kier molecular flexibility index (Phi) is 3.90. The molecule has 1 saturated heterocycles. The third-order valence-electron chi connectivity index (χ3n) is 6.33. The van der Waals surface area contributed by atoms with Crippen LogP contribution in [0.25, 0.3) is 0 Å². The highest BCUT2D eigenvalue weighted by molar-refractivity contribution is 5.88. The fourth-order valence-corrected chi connectivity index (χ4v) is 4.36. The lowest BCUT2D eigenvalue weighted by molar-refractivity contribution is -0.140. The van der Waals surface area contributed by atoms with E-state index in [1.807, 2.05) is 36.9 Å². The van der Waals surface area contributed by atoms with Gasteiger partial charge in [-0.3, -0.25) is 9.59 Å². The summed E-state index contributed by atoms with van der Waals surface area (Å²) in [5, 5.41) is 9.22. The zero-order valence-electron chi connectivity index (χ0n) is 15.3. The zero-order chi connectivity index (χ0) is 18.5. The first-order chi connectivity index (χ1) is 12.3. The number of benzene rings is 1. The predicted octanol–water partition coefficient (Wildman–Crippen LogP) is 2.45. The topological polar surface area (TPSA) is 76.1 Å². The Morgan fingerprint density at radius 3 is 2.42 bits per heavy atom. The number of rotatable bonds is 3. The van der Waals surface area contributed by atoms with Gasteiger partial charge in [0.05, 0.1) is 11.3 Å². The molecule has 0 radical (unpaired) electrons. The average molecular weight is 359 g/mol. The molecule has 1 aromatic carbocycles. The number of nitrogens with zero attached hydrogens (tertiary/aromatic N) is 1. The molecule has 1 unspecified atom stereocenters. The highest BCUT2D eigenvalue weighted by Crippen LogP contribution is 2.59. The minimum absolute atomic E-state index is 0.0657. The van der Waals surface area contributed by atoms with Crippen LogP contribution in [0.15, 0.2) is 18.2 Å². The van der Waals surface area contributed by atoms with Gasteiger partial charge in [-0.1, -0.05) is 6.07 Å². The summed E-state index contributed by atoms with van der Waals surface area (Å²) in [7, 11) is 0. The molecule has 1 saturated carbocycles. The van der Waals surface area contributed by atoms with E-state index in [0.29, 0.717) is 32.1 Å². The van der Waals surface area contributed by atoms with Crippen LogP contribution in [0.5, 0.6) is 11.5 Å². The van der Waals surface area contributed by atoms with Gasteiger partial charge in [0.1, 0.15) is 13.2 Å². The predicted molar refractivity (Wildman–Crippen MR) is 94.4 cm³/mol. The molecule has 0 bridgehead atoms. The van der Waals surface area contributed by atoms with E-state index < -0.39 is 11.4 Å². The molecule has 4 rings (SSSR count). The molecule has 1 spiro atoms. The van der Waals surface area contributed by atoms with Crippen LogP contribution in [0.3, 0.4) is 0 Å². The second kappa shape index (κ2) is 5.89. The maximum Gasteiger partial charge on any atom is 0.307 e. The molecule has 1 aliphatic carbocycles. The van der Waals surface area contributed by atoms with Gasteiger partial charge < -0.3 is 19.5 Å². The highest BCUT2D eigenvalue weighted by Gasteiger charge is 2.59. The summed E-state index contributed by atoms with van der Waals surface area (Å²) in [6.07, 6.45) is 2.33. The van der Waals surface area contributed by atoms with Crippen molar-refractivity contribution in [3.8, 4) is 11.5 Å². The van der Waals surface area contributed by atoms with E-state index in [-0.39, 0.29) is 17.2 Å². The van der Waals surface area contributed by atoms with Crippen LogP contribution < -0.4 is 9.47 Å². The first-order valence-corrected chi connectivity index (χ1v) is 9.26. The van der Waals surface area contributed by atoms with Crippen LogP contribution in [0.1, 0.15) is 38.7 Å². The molecular weight excluding hydrogens is 334 g/mol. The van der Waals surface area contributed by atoms with E-state index in [4.69, 9.17) is 9.47 Å². The van der Waals surface area contributed by atoms with E-state index in [0.717, 1.165) is 30.6 Å². The summed E-state index contributed by atoms with van der Waals surface area (Å²) >= 11 is 0. The van der Waals surface area contributed by atoms with Crippen LogP contribution in [0.4, 0.5) is 0 Å². The van der Waals surface area contributed by atoms with Crippen LogP contribution in [0, 0.1) is 11.3 Å². The molecule has 2 heterocycles. The van der Waals surface area contributed by atoms with E-state index in [1.54, 1.807) is 0 Å². The largest absolute Gasteiger partial charge is 0.486 e. The van der Waals surface area contributed by atoms with Crippen LogP contribution in [-0.2, 0) is 15.0 Å². The van der Waals surface area contributed by atoms with Gasteiger partial charge >= 0.3 is 5.97 Å². The zero-order valence-corrected chi connectivity index (χ0v) is 15.3. The standard InChI is InChI=1S/C20H25NO5/c1-19(2,13-3-4-15-16(11-13)26-10-9-25-15)18(24)21-7-5-20(6-8-21)12-14(20)17(22)23/h3-4,11,14H,5-10,12H2,1-2H3,(H,22,23). The molecule has 6 heteroatoms. The lowest BCUT2D eigenvalue weighted by Crippen LogP contribution is -2.47. The van der Waals surface area contributed by atoms with E-state index in [1.165, 1.54) is 0 Å². The first kappa shape index (κ1) is 17.2. The number of hydrogen-bond donors (Lipinski definition) is 1. The van der Waals surface area contributed by atoms with E-state index in [9.17, 15) is 14.7 Å². The quantitative estimate of drug-likeness (QED) is 0.897. The Labute approximate surface area is 153 Å². The number of fused-ring (bicyclic) bond motifs is 1. The summed E-state index contributed by atoms with van der Waals surface area (Å²) in [5.74, 6) is 0.578. The number of amides is 1. The average Bonchev–Trinajstić information content (AvgIpc) is 3.35. The molecule has 1 amide bonds. The fourth-order valence-electron chi connectivity index (χ4n) is 4.36. The second-order valence-corrected chi connectivity index (χ2v) is 8.23. The van der Waals surface area contributed by atoms with Crippen LogP contribution >= 0.6 is 0 Å². The molecule has 2 aliphatic heterocycles. The van der Waals surface area contributed by atoms with Crippen molar-refractivity contribution in [1.29, 1.82) is 0 Å². The van der Waals surface area contributed by atoms with Crippen molar-refractivity contribution in [1.82, 2.24) is 4.90 Å². The van der Waals surface area contributed by atoms with Crippen molar-refractivity contribution in [3.63, 3.8) is 0 Å². The smallest absolute Gasteiger partial charge is 0.307 e. The number of hydrogen-bond acceptors (Lipinski definition) is 4. The molecule has 1 N–H and O–H groups in total. The van der Waals surface area contributed by atoms with Crippen molar-refractivity contribution >= 4 is 11.9 Å². The molecule has 3 aliphatic rings. The maximum absolute atomic E-state index is 13.2. The van der Waals surface area contributed by atoms with Crippen LogP contribution in [-0.4, -0.2) is 48.2 Å². The molecule has 6 nitrogen and oxygen atoms in total. The minimum Gasteiger partial charge on any atom is -0.486 e. The molecule has 0 aromatic heterocycles. The van der Waals surface area contributed by atoms with Crippen LogP contribution in [0.2, 0.25) is 0 Å². The summed E-state index contributed by atoms with van der Waals surface area (Å²) in [5.41, 5.74) is 0.168. The van der Waals surface area contributed by atoms with Gasteiger partial charge in [-0.15, -0.1) is 0 Å². The Bertz CT molecular complexity index is 749. The summed E-state index contributed by atoms with van der Waals surface area (Å²) in [6, 6.07) is 5.70. The van der Waals surface area contributed by atoms with Gasteiger partial charge in [0.15, 0.2) is 11.5 Å². The Hall–Kier alpha value is -2.24. The third-order valence-corrected chi connectivity index (χ3v) is 6.33. The summed E-state index contributed by atoms with van der Waals surface area (Å²) in [6.45, 7) is 6.20. The number of ether oxygens (including phenoxy) is 2. The number of aliphatic carboxylic acids is 1. The summed E-state index contributed by atoms with van der Waals surface area (Å²) < 4.78 is 11.2. The number of likely N-dealkylation sites (tertiary alicyclic amines) is 1. The lowest BCUT2D eigenvalue weighted by atomic mass is 9.81.